The molecule has 1 aliphatic rings. The summed E-state index contributed by atoms with van der Waals surface area (Å²) in [5.41, 5.74) is 1.82. The first-order valence-electron chi connectivity index (χ1n) is 7.79. The fourth-order valence-electron chi connectivity index (χ4n) is 2.79. The average molecular weight is 306 g/mol. The van der Waals surface area contributed by atoms with Gasteiger partial charge in [0.15, 0.2) is 0 Å². The summed E-state index contributed by atoms with van der Waals surface area (Å²) in [5.74, 6) is 1.09. The van der Waals surface area contributed by atoms with E-state index >= 15 is 0 Å². The average Bonchev–Trinajstić information content (AvgIpc) is 2.45. The van der Waals surface area contributed by atoms with E-state index in [4.69, 9.17) is 9.47 Å². The number of amides is 1. The highest BCUT2D eigenvalue weighted by Gasteiger charge is 2.28. The Morgan fingerprint density at radius 1 is 1.27 bits per heavy atom. The van der Waals surface area contributed by atoms with Crippen LogP contribution in [0.5, 0.6) is 5.88 Å². The SMILES string of the molecule is COc1ccc(C2CCN(C(=O)OC(C)(C)C)CC2)c(C)n1. The lowest BCUT2D eigenvalue weighted by Crippen LogP contribution is -2.41. The van der Waals surface area contributed by atoms with E-state index in [0.717, 1.165) is 31.6 Å². The summed E-state index contributed by atoms with van der Waals surface area (Å²) in [6, 6.07) is 4.00. The number of carbonyl (C=O) groups is 1. The number of nitrogens with zero attached hydrogens (tertiary/aromatic N) is 2. The summed E-state index contributed by atoms with van der Waals surface area (Å²) in [6.07, 6.45) is 1.66. The summed E-state index contributed by atoms with van der Waals surface area (Å²) in [4.78, 5) is 18.3. The lowest BCUT2D eigenvalue weighted by molar-refractivity contribution is 0.0204. The largest absolute Gasteiger partial charge is 0.481 e. The molecule has 5 nitrogen and oxygen atoms in total. The molecule has 0 unspecified atom stereocenters. The van der Waals surface area contributed by atoms with Crippen LogP contribution in [0.4, 0.5) is 4.79 Å². The van der Waals surface area contributed by atoms with Gasteiger partial charge in [-0.05, 0) is 52.0 Å². The van der Waals surface area contributed by atoms with E-state index in [2.05, 4.69) is 11.1 Å². The Labute approximate surface area is 132 Å². The number of pyridine rings is 1. The van der Waals surface area contributed by atoms with E-state index in [1.807, 2.05) is 33.8 Å². The highest BCUT2D eigenvalue weighted by Crippen LogP contribution is 2.31. The Bertz CT molecular complexity index is 529. The molecule has 5 heteroatoms. The van der Waals surface area contributed by atoms with Gasteiger partial charge in [0, 0.05) is 24.8 Å². The molecular formula is C17H26N2O3. The van der Waals surface area contributed by atoms with Gasteiger partial charge in [0.25, 0.3) is 0 Å². The van der Waals surface area contributed by atoms with Crippen molar-refractivity contribution in [2.75, 3.05) is 20.2 Å². The number of rotatable bonds is 2. The predicted octanol–water partition coefficient (Wildman–Crippen LogP) is 3.51. The molecule has 0 bridgehead atoms. The molecule has 1 amide bonds. The highest BCUT2D eigenvalue weighted by molar-refractivity contribution is 5.68. The van der Waals surface area contributed by atoms with Gasteiger partial charge >= 0.3 is 6.09 Å². The number of carbonyl (C=O) groups excluding carboxylic acids is 1. The van der Waals surface area contributed by atoms with Crippen LogP contribution in [-0.2, 0) is 4.74 Å². The monoisotopic (exact) mass is 306 g/mol. The lowest BCUT2D eigenvalue weighted by Gasteiger charge is -2.34. The number of hydrogen-bond donors (Lipinski definition) is 0. The molecular weight excluding hydrogens is 280 g/mol. The third-order valence-corrected chi connectivity index (χ3v) is 3.90. The summed E-state index contributed by atoms with van der Waals surface area (Å²) >= 11 is 0. The number of ether oxygens (including phenoxy) is 2. The minimum atomic E-state index is -0.440. The molecule has 1 aliphatic heterocycles. The molecule has 1 aromatic rings. The van der Waals surface area contributed by atoms with Crippen LogP contribution in [0.3, 0.4) is 0 Å². The third kappa shape index (κ3) is 4.12. The zero-order chi connectivity index (χ0) is 16.3. The van der Waals surface area contributed by atoms with E-state index in [-0.39, 0.29) is 6.09 Å². The second kappa shape index (κ2) is 6.55. The van der Waals surface area contributed by atoms with Crippen molar-refractivity contribution in [1.82, 2.24) is 9.88 Å². The molecule has 1 aromatic heterocycles. The van der Waals surface area contributed by atoms with Crippen molar-refractivity contribution in [1.29, 1.82) is 0 Å². The van der Waals surface area contributed by atoms with Gasteiger partial charge in [0.05, 0.1) is 7.11 Å². The molecule has 2 heterocycles. The van der Waals surface area contributed by atoms with Crippen LogP contribution in [0.25, 0.3) is 0 Å². The van der Waals surface area contributed by atoms with Crippen LogP contribution in [0.15, 0.2) is 12.1 Å². The third-order valence-electron chi connectivity index (χ3n) is 3.90. The first-order chi connectivity index (χ1) is 10.3. The van der Waals surface area contributed by atoms with Crippen LogP contribution in [0, 0.1) is 6.92 Å². The minimum absolute atomic E-state index is 0.212. The van der Waals surface area contributed by atoms with Crippen molar-refractivity contribution in [2.45, 2.75) is 52.1 Å². The van der Waals surface area contributed by atoms with Crippen LogP contribution < -0.4 is 4.74 Å². The minimum Gasteiger partial charge on any atom is -0.481 e. The smallest absolute Gasteiger partial charge is 0.410 e. The number of aromatic nitrogens is 1. The van der Waals surface area contributed by atoms with Gasteiger partial charge in [0.2, 0.25) is 5.88 Å². The molecule has 2 rings (SSSR count). The molecule has 1 fully saturated rings. The van der Waals surface area contributed by atoms with E-state index in [1.165, 1.54) is 5.56 Å². The van der Waals surface area contributed by atoms with Crippen molar-refractivity contribution >= 4 is 6.09 Å². The Hall–Kier alpha value is -1.78. The van der Waals surface area contributed by atoms with Gasteiger partial charge in [-0.1, -0.05) is 6.07 Å². The van der Waals surface area contributed by atoms with Gasteiger partial charge in [-0.25, -0.2) is 9.78 Å². The van der Waals surface area contributed by atoms with Gasteiger partial charge < -0.3 is 14.4 Å². The number of piperidine rings is 1. The van der Waals surface area contributed by atoms with Crippen LogP contribution >= 0.6 is 0 Å². The molecule has 0 aromatic carbocycles. The van der Waals surface area contributed by atoms with Crippen molar-refractivity contribution in [3.63, 3.8) is 0 Å². The van der Waals surface area contributed by atoms with E-state index in [1.54, 1.807) is 12.0 Å². The molecule has 122 valence electrons. The summed E-state index contributed by atoms with van der Waals surface area (Å²) < 4.78 is 10.6. The number of likely N-dealkylation sites (tertiary alicyclic amines) is 1. The fourth-order valence-corrected chi connectivity index (χ4v) is 2.79. The van der Waals surface area contributed by atoms with Crippen molar-refractivity contribution < 1.29 is 14.3 Å². The Balaban J connectivity index is 1.96. The molecule has 1 saturated heterocycles. The van der Waals surface area contributed by atoms with Crippen LogP contribution in [-0.4, -0.2) is 41.8 Å². The molecule has 0 radical (unpaired) electrons. The second-order valence-electron chi connectivity index (χ2n) is 6.77. The van der Waals surface area contributed by atoms with Crippen LogP contribution in [0.1, 0.15) is 50.8 Å². The topological polar surface area (TPSA) is 51.7 Å². The van der Waals surface area contributed by atoms with E-state index in [0.29, 0.717) is 11.8 Å². The Morgan fingerprint density at radius 2 is 1.91 bits per heavy atom. The highest BCUT2D eigenvalue weighted by atomic mass is 16.6. The van der Waals surface area contributed by atoms with Crippen molar-refractivity contribution in [3.05, 3.63) is 23.4 Å². The first kappa shape index (κ1) is 16.6. The molecule has 22 heavy (non-hydrogen) atoms. The maximum absolute atomic E-state index is 12.1. The normalized spacial score (nSPS) is 16.5. The molecule has 0 saturated carbocycles. The predicted molar refractivity (Wildman–Crippen MR) is 85.3 cm³/mol. The summed E-state index contributed by atoms with van der Waals surface area (Å²) in [6.45, 7) is 9.15. The maximum atomic E-state index is 12.1. The zero-order valence-corrected chi connectivity index (χ0v) is 14.2. The molecule has 0 atom stereocenters. The van der Waals surface area contributed by atoms with E-state index in [9.17, 15) is 4.79 Å². The summed E-state index contributed by atoms with van der Waals surface area (Å²) in [7, 11) is 1.63. The standard InChI is InChI=1S/C17H26N2O3/c1-12-14(6-7-15(18-12)21-5)13-8-10-19(11-9-13)16(20)22-17(2,3)4/h6-7,13H,8-11H2,1-5H3. The molecule has 0 N–H and O–H groups in total. The number of hydrogen-bond acceptors (Lipinski definition) is 4. The Kier molecular flexibility index (Phi) is 4.94. The van der Waals surface area contributed by atoms with Crippen molar-refractivity contribution in [2.24, 2.45) is 0 Å². The van der Waals surface area contributed by atoms with Gasteiger partial charge in [-0.15, -0.1) is 0 Å². The second-order valence-corrected chi connectivity index (χ2v) is 6.77. The molecule has 0 aliphatic carbocycles. The van der Waals surface area contributed by atoms with E-state index < -0.39 is 5.60 Å². The lowest BCUT2D eigenvalue weighted by atomic mass is 9.89. The fraction of sp³-hybridized carbons (Fsp3) is 0.647. The number of methoxy groups -OCH3 is 1. The zero-order valence-electron chi connectivity index (χ0n) is 14.2. The molecule has 0 spiro atoms. The van der Waals surface area contributed by atoms with Crippen LogP contribution in [0.2, 0.25) is 0 Å². The van der Waals surface area contributed by atoms with Gasteiger partial charge in [-0.2, -0.15) is 0 Å². The Morgan fingerprint density at radius 3 is 2.41 bits per heavy atom. The maximum Gasteiger partial charge on any atom is 0.410 e. The first-order valence-corrected chi connectivity index (χ1v) is 7.79. The van der Waals surface area contributed by atoms with Crippen molar-refractivity contribution in [3.8, 4) is 5.88 Å². The quantitative estimate of drug-likeness (QED) is 0.839. The van der Waals surface area contributed by atoms with Gasteiger partial charge in [0.1, 0.15) is 5.60 Å². The summed E-state index contributed by atoms with van der Waals surface area (Å²) in [5, 5.41) is 0. The number of aryl methyl sites for hydroxylation is 1. The van der Waals surface area contributed by atoms with Gasteiger partial charge in [-0.3, -0.25) is 0 Å².